The quantitative estimate of drug-likeness (QED) is 0.673. The summed E-state index contributed by atoms with van der Waals surface area (Å²) in [6, 6.07) is 4.92. The van der Waals surface area contributed by atoms with Gasteiger partial charge in [0.25, 0.3) is 0 Å². The van der Waals surface area contributed by atoms with E-state index in [1.807, 2.05) is 0 Å². The van der Waals surface area contributed by atoms with Gasteiger partial charge in [-0.05, 0) is 25.1 Å². The van der Waals surface area contributed by atoms with E-state index in [9.17, 15) is 9.59 Å². The first-order valence-corrected chi connectivity index (χ1v) is 5.51. The first-order chi connectivity index (χ1) is 7.50. The minimum absolute atomic E-state index is 0.348. The molecule has 2 amide bonds. The van der Waals surface area contributed by atoms with Crippen LogP contribution in [0.25, 0.3) is 0 Å². The van der Waals surface area contributed by atoms with E-state index in [4.69, 9.17) is 10.8 Å². The molecule has 0 spiro atoms. The molecule has 0 aliphatic carbocycles. The molecule has 1 aliphatic heterocycles. The second kappa shape index (κ2) is 3.71. The number of thioether (sulfide) groups is 1. The summed E-state index contributed by atoms with van der Waals surface area (Å²) in [6.45, 7) is 1.68. The van der Waals surface area contributed by atoms with E-state index in [1.54, 1.807) is 19.1 Å². The average Bonchev–Trinajstić information content (AvgIpc) is 2.20. The van der Waals surface area contributed by atoms with Gasteiger partial charge in [-0.15, -0.1) is 11.8 Å². The molecule has 1 unspecified atom stereocenters. The van der Waals surface area contributed by atoms with Gasteiger partial charge in [-0.2, -0.15) is 0 Å². The number of carbonyl (C=O) groups excluding carboxylic acids is 1. The van der Waals surface area contributed by atoms with Crippen LogP contribution in [0, 0.1) is 0 Å². The van der Waals surface area contributed by atoms with Gasteiger partial charge in [0.05, 0.1) is 10.9 Å². The van der Waals surface area contributed by atoms with Gasteiger partial charge in [-0.1, -0.05) is 0 Å². The van der Waals surface area contributed by atoms with Crippen LogP contribution in [0.2, 0.25) is 0 Å². The van der Waals surface area contributed by atoms with Crippen LogP contribution in [0.3, 0.4) is 0 Å². The SMILES string of the molecule is CC1Sc2ccc(N)cc2N(C(=O)O)C1=O. The monoisotopic (exact) mass is 238 g/mol. The van der Waals surface area contributed by atoms with Crippen molar-refractivity contribution in [3.05, 3.63) is 18.2 Å². The number of amides is 2. The van der Waals surface area contributed by atoms with Crippen LogP contribution < -0.4 is 10.6 Å². The van der Waals surface area contributed by atoms with Gasteiger partial charge in [0.2, 0.25) is 5.91 Å². The normalized spacial score (nSPS) is 19.4. The van der Waals surface area contributed by atoms with Crippen molar-refractivity contribution in [2.75, 3.05) is 10.6 Å². The molecule has 6 heteroatoms. The van der Waals surface area contributed by atoms with Crippen LogP contribution in [-0.2, 0) is 4.79 Å². The summed E-state index contributed by atoms with van der Waals surface area (Å²) in [5, 5.41) is 8.62. The molecule has 0 aromatic heterocycles. The molecule has 0 radical (unpaired) electrons. The Bertz CT molecular complexity index is 475. The van der Waals surface area contributed by atoms with Gasteiger partial charge in [-0.3, -0.25) is 4.79 Å². The Hall–Kier alpha value is -1.69. The summed E-state index contributed by atoms with van der Waals surface area (Å²) in [5.41, 5.74) is 6.37. The van der Waals surface area contributed by atoms with E-state index < -0.39 is 17.3 Å². The molecular formula is C10H10N2O3S. The summed E-state index contributed by atoms with van der Waals surface area (Å²) >= 11 is 1.34. The zero-order valence-electron chi connectivity index (χ0n) is 8.51. The molecule has 5 nitrogen and oxygen atoms in total. The average molecular weight is 238 g/mol. The highest BCUT2D eigenvalue weighted by molar-refractivity contribution is 8.01. The summed E-state index contributed by atoms with van der Waals surface area (Å²) < 4.78 is 0. The summed E-state index contributed by atoms with van der Waals surface area (Å²) in [4.78, 5) is 24.3. The number of nitrogen functional groups attached to an aromatic ring is 1. The smallest absolute Gasteiger partial charge is 0.418 e. The first kappa shape index (κ1) is 10.8. The highest BCUT2D eigenvalue weighted by Crippen LogP contribution is 2.40. The predicted octanol–water partition coefficient (Wildman–Crippen LogP) is 1.77. The van der Waals surface area contributed by atoms with E-state index >= 15 is 0 Å². The Morgan fingerprint density at radius 3 is 2.88 bits per heavy atom. The molecule has 1 aliphatic rings. The number of benzene rings is 1. The number of hydrogen-bond donors (Lipinski definition) is 2. The minimum atomic E-state index is -1.27. The lowest BCUT2D eigenvalue weighted by Gasteiger charge is -2.28. The van der Waals surface area contributed by atoms with Crippen LogP contribution in [0.15, 0.2) is 23.1 Å². The first-order valence-electron chi connectivity index (χ1n) is 4.64. The van der Waals surface area contributed by atoms with Crippen LogP contribution in [0.5, 0.6) is 0 Å². The molecule has 0 saturated heterocycles. The van der Waals surface area contributed by atoms with Crippen LogP contribution in [-0.4, -0.2) is 22.4 Å². The molecule has 1 aromatic carbocycles. The fourth-order valence-corrected chi connectivity index (χ4v) is 2.55. The van der Waals surface area contributed by atoms with Crippen molar-refractivity contribution in [2.24, 2.45) is 0 Å². The Labute approximate surface area is 96.2 Å². The fraction of sp³-hybridized carbons (Fsp3) is 0.200. The second-order valence-corrected chi connectivity index (χ2v) is 4.83. The molecule has 0 saturated carbocycles. The van der Waals surface area contributed by atoms with Crippen LogP contribution >= 0.6 is 11.8 Å². The zero-order valence-corrected chi connectivity index (χ0v) is 9.32. The van der Waals surface area contributed by atoms with Crippen molar-refractivity contribution in [1.29, 1.82) is 0 Å². The van der Waals surface area contributed by atoms with Crippen LogP contribution in [0.4, 0.5) is 16.2 Å². The van der Waals surface area contributed by atoms with Crippen molar-refractivity contribution in [2.45, 2.75) is 17.1 Å². The molecule has 2 rings (SSSR count). The van der Waals surface area contributed by atoms with E-state index in [1.165, 1.54) is 17.8 Å². The molecule has 1 atom stereocenters. The Balaban J connectivity index is 2.58. The number of carboxylic acid groups (broad SMARTS) is 1. The topological polar surface area (TPSA) is 83.6 Å². The van der Waals surface area contributed by atoms with Gasteiger partial charge >= 0.3 is 6.09 Å². The van der Waals surface area contributed by atoms with Gasteiger partial charge in [-0.25, -0.2) is 9.69 Å². The second-order valence-electron chi connectivity index (χ2n) is 3.44. The molecule has 0 fully saturated rings. The number of anilines is 2. The molecule has 1 heterocycles. The third kappa shape index (κ3) is 1.61. The van der Waals surface area contributed by atoms with Crippen molar-refractivity contribution in [3.8, 4) is 0 Å². The Kier molecular flexibility index (Phi) is 2.51. The Morgan fingerprint density at radius 1 is 1.56 bits per heavy atom. The number of nitrogens with two attached hydrogens (primary N) is 1. The van der Waals surface area contributed by atoms with E-state index in [-0.39, 0.29) is 0 Å². The van der Waals surface area contributed by atoms with Gasteiger partial charge in [0, 0.05) is 10.6 Å². The lowest BCUT2D eigenvalue weighted by atomic mass is 10.2. The standard InChI is InChI=1S/C10H10N2O3S/c1-5-9(13)12(10(14)15)7-4-6(11)2-3-8(7)16-5/h2-5H,11H2,1H3,(H,14,15). The molecule has 1 aromatic rings. The fourth-order valence-electron chi connectivity index (χ4n) is 1.55. The third-order valence-corrected chi connectivity index (χ3v) is 3.44. The minimum Gasteiger partial charge on any atom is -0.464 e. The summed E-state index contributed by atoms with van der Waals surface area (Å²) in [7, 11) is 0. The lowest BCUT2D eigenvalue weighted by molar-refractivity contribution is -0.117. The van der Waals surface area contributed by atoms with Crippen LogP contribution in [0.1, 0.15) is 6.92 Å². The van der Waals surface area contributed by atoms with E-state index in [0.717, 1.165) is 9.80 Å². The maximum Gasteiger partial charge on any atom is 0.418 e. The molecule has 16 heavy (non-hydrogen) atoms. The van der Waals surface area contributed by atoms with Crippen molar-refractivity contribution >= 4 is 35.1 Å². The van der Waals surface area contributed by atoms with E-state index in [2.05, 4.69) is 0 Å². The molecule has 3 N–H and O–H groups in total. The summed E-state index contributed by atoms with van der Waals surface area (Å²) in [6.07, 6.45) is -1.27. The number of fused-ring (bicyclic) bond motifs is 1. The number of hydrogen-bond acceptors (Lipinski definition) is 4. The maximum absolute atomic E-state index is 11.7. The van der Waals surface area contributed by atoms with Crippen molar-refractivity contribution in [1.82, 2.24) is 0 Å². The highest BCUT2D eigenvalue weighted by Gasteiger charge is 2.34. The summed E-state index contributed by atoms with van der Waals surface area (Å²) in [5.74, 6) is -0.435. The zero-order chi connectivity index (χ0) is 11.9. The number of carbonyl (C=O) groups is 2. The molecule has 84 valence electrons. The lowest BCUT2D eigenvalue weighted by Crippen LogP contribution is -2.43. The number of imide groups is 1. The molecular weight excluding hydrogens is 228 g/mol. The van der Waals surface area contributed by atoms with Gasteiger partial charge in [0.15, 0.2) is 0 Å². The van der Waals surface area contributed by atoms with Crippen molar-refractivity contribution < 1.29 is 14.7 Å². The van der Waals surface area contributed by atoms with Gasteiger partial charge < -0.3 is 10.8 Å². The highest BCUT2D eigenvalue weighted by atomic mass is 32.2. The predicted molar refractivity (Wildman–Crippen MR) is 61.7 cm³/mol. The molecule has 0 bridgehead atoms. The number of rotatable bonds is 0. The van der Waals surface area contributed by atoms with E-state index in [0.29, 0.717) is 11.4 Å². The van der Waals surface area contributed by atoms with Crippen molar-refractivity contribution in [3.63, 3.8) is 0 Å². The third-order valence-electron chi connectivity index (χ3n) is 2.29. The number of nitrogens with zero attached hydrogens (tertiary/aromatic N) is 1. The Morgan fingerprint density at radius 2 is 2.25 bits per heavy atom. The van der Waals surface area contributed by atoms with Gasteiger partial charge in [0.1, 0.15) is 0 Å². The maximum atomic E-state index is 11.7. The largest absolute Gasteiger partial charge is 0.464 e.